The molecular weight excluding hydrogens is 366 g/mol. The fraction of sp³-hybridized carbons (Fsp3) is 0.607. The second-order valence-electron chi connectivity index (χ2n) is 9.21. The van der Waals surface area contributed by atoms with Crippen LogP contribution >= 0.6 is 0 Å². The highest BCUT2D eigenvalue weighted by atomic mass is 16.5. The first-order valence-corrected chi connectivity index (χ1v) is 12.5. The molecule has 1 fully saturated rings. The van der Waals surface area contributed by atoms with E-state index in [0.29, 0.717) is 0 Å². The number of aromatic nitrogens is 1. The van der Waals surface area contributed by atoms with E-state index in [9.17, 15) is 0 Å². The van der Waals surface area contributed by atoms with Crippen LogP contribution in [0.1, 0.15) is 90.0 Å². The molecule has 0 saturated heterocycles. The maximum atomic E-state index is 5.77. The number of rotatable bonds is 12. The number of aryl methyl sites for hydroxylation is 1. The minimum absolute atomic E-state index is 0.782. The van der Waals surface area contributed by atoms with Crippen LogP contribution in [-0.2, 0) is 6.42 Å². The average molecular weight is 408 g/mol. The lowest BCUT2D eigenvalue weighted by atomic mass is 9.77. The van der Waals surface area contributed by atoms with Crippen LogP contribution in [0, 0.1) is 11.8 Å². The summed E-state index contributed by atoms with van der Waals surface area (Å²) in [4.78, 5) is 4.60. The molecule has 30 heavy (non-hydrogen) atoms. The summed E-state index contributed by atoms with van der Waals surface area (Å²) in [6.45, 7) is 5.31. The quantitative estimate of drug-likeness (QED) is 0.330. The second-order valence-corrected chi connectivity index (χ2v) is 9.21. The molecule has 1 aromatic heterocycles. The number of ether oxygens (including phenoxy) is 1. The molecule has 0 N–H and O–H groups in total. The Hall–Kier alpha value is -1.83. The number of pyridine rings is 1. The van der Waals surface area contributed by atoms with Gasteiger partial charge in [-0.3, -0.25) is 4.98 Å². The lowest BCUT2D eigenvalue weighted by Crippen LogP contribution is -2.16. The summed E-state index contributed by atoms with van der Waals surface area (Å²) < 4.78 is 5.77. The number of nitrogens with zero attached hydrogens (tertiary/aromatic N) is 1. The SMILES string of the molecule is CCCCCOc1ccc(-c2ccc(CCC3CCCC(CCCC)C3)cc2)nc1. The van der Waals surface area contributed by atoms with Gasteiger partial charge >= 0.3 is 0 Å². The smallest absolute Gasteiger partial charge is 0.137 e. The molecule has 0 amide bonds. The Labute approximate surface area is 184 Å². The zero-order valence-electron chi connectivity index (χ0n) is 19.2. The highest BCUT2D eigenvalue weighted by molar-refractivity contribution is 5.59. The average Bonchev–Trinajstić information content (AvgIpc) is 2.80. The normalized spacial score (nSPS) is 19.0. The van der Waals surface area contributed by atoms with Crippen LogP contribution in [-0.4, -0.2) is 11.6 Å². The molecule has 1 aliphatic rings. The van der Waals surface area contributed by atoms with E-state index >= 15 is 0 Å². The Balaban J connectivity index is 1.45. The largest absolute Gasteiger partial charge is 0.492 e. The Morgan fingerprint density at radius 1 is 0.867 bits per heavy atom. The van der Waals surface area contributed by atoms with Crippen molar-refractivity contribution in [3.63, 3.8) is 0 Å². The van der Waals surface area contributed by atoms with Crippen molar-refractivity contribution in [3.8, 4) is 17.0 Å². The van der Waals surface area contributed by atoms with Gasteiger partial charge in [0.2, 0.25) is 0 Å². The van der Waals surface area contributed by atoms with E-state index in [1.165, 1.54) is 81.8 Å². The Kier molecular flexibility index (Phi) is 9.73. The molecule has 1 saturated carbocycles. The van der Waals surface area contributed by atoms with Crippen LogP contribution < -0.4 is 4.74 Å². The van der Waals surface area contributed by atoms with Crippen LogP contribution in [0.4, 0.5) is 0 Å². The first kappa shape index (κ1) is 22.8. The van der Waals surface area contributed by atoms with Crippen molar-refractivity contribution >= 4 is 0 Å². The predicted molar refractivity (Wildman–Crippen MR) is 128 cm³/mol. The number of unbranched alkanes of at least 4 members (excludes halogenated alkanes) is 3. The fourth-order valence-electron chi connectivity index (χ4n) is 4.81. The molecule has 0 spiro atoms. The molecule has 2 aromatic rings. The van der Waals surface area contributed by atoms with E-state index in [1.807, 2.05) is 12.3 Å². The topological polar surface area (TPSA) is 22.1 Å². The summed E-state index contributed by atoms with van der Waals surface area (Å²) in [5.41, 5.74) is 3.67. The maximum absolute atomic E-state index is 5.77. The van der Waals surface area contributed by atoms with Gasteiger partial charge in [-0.2, -0.15) is 0 Å². The van der Waals surface area contributed by atoms with E-state index in [0.717, 1.165) is 36.3 Å². The molecule has 3 rings (SSSR count). The third-order valence-corrected chi connectivity index (χ3v) is 6.70. The van der Waals surface area contributed by atoms with Crippen LogP contribution in [0.5, 0.6) is 5.75 Å². The van der Waals surface area contributed by atoms with Crippen molar-refractivity contribution in [1.82, 2.24) is 4.98 Å². The molecule has 2 heteroatoms. The summed E-state index contributed by atoms with van der Waals surface area (Å²) in [6.07, 6.45) is 18.0. The molecule has 0 bridgehead atoms. The first-order chi connectivity index (χ1) is 14.8. The third-order valence-electron chi connectivity index (χ3n) is 6.70. The summed E-state index contributed by atoms with van der Waals surface area (Å²) in [5.74, 6) is 2.80. The van der Waals surface area contributed by atoms with Gasteiger partial charge in [-0.25, -0.2) is 0 Å². The van der Waals surface area contributed by atoms with Crippen LogP contribution in [0.25, 0.3) is 11.3 Å². The van der Waals surface area contributed by atoms with E-state index in [2.05, 4.69) is 49.2 Å². The van der Waals surface area contributed by atoms with Crippen molar-refractivity contribution in [2.45, 2.75) is 90.9 Å². The van der Waals surface area contributed by atoms with Gasteiger partial charge in [0.1, 0.15) is 5.75 Å². The van der Waals surface area contributed by atoms with Gasteiger partial charge in [-0.1, -0.05) is 89.5 Å². The Morgan fingerprint density at radius 3 is 2.33 bits per heavy atom. The van der Waals surface area contributed by atoms with E-state index in [1.54, 1.807) is 0 Å². The van der Waals surface area contributed by atoms with Gasteiger partial charge in [0.25, 0.3) is 0 Å². The van der Waals surface area contributed by atoms with Crippen LogP contribution in [0.2, 0.25) is 0 Å². The monoisotopic (exact) mass is 407 g/mol. The Bertz CT molecular complexity index is 706. The lowest BCUT2D eigenvalue weighted by Gasteiger charge is -2.29. The van der Waals surface area contributed by atoms with Gasteiger partial charge in [0.05, 0.1) is 18.5 Å². The summed E-state index contributed by atoms with van der Waals surface area (Å²) in [7, 11) is 0. The highest BCUT2D eigenvalue weighted by Gasteiger charge is 2.21. The van der Waals surface area contributed by atoms with Crippen molar-refractivity contribution in [3.05, 3.63) is 48.2 Å². The van der Waals surface area contributed by atoms with Crippen LogP contribution in [0.3, 0.4) is 0 Å². The zero-order chi connectivity index (χ0) is 21.0. The van der Waals surface area contributed by atoms with Crippen molar-refractivity contribution in [2.24, 2.45) is 11.8 Å². The molecule has 1 heterocycles. The van der Waals surface area contributed by atoms with Crippen molar-refractivity contribution in [1.29, 1.82) is 0 Å². The van der Waals surface area contributed by atoms with Crippen molar-refractivity contribution < 1.29 is 4.74 Å². The van der Waals surface area contributed by atoms with Gasteiger partial charge < -0.3 is 4.74 Å². The highest BCUT2D eigenvalue weighted by Crippen LogP contribution is 2.34. The zero-order valence-corrected chi connectivity index (χ0v) is 19.2. The Morgan fingerprint density at radius 2 is 1.63 bits per heavy atom. The molecule has 2 unspecified atom stereocenters. The molecule has 0 aliphatic heterocycles. The molecule has 2 atom stereocenters. The first-order valence-electron chi connectivity index (χ1n) is 12.5. The van der Waals surface area contributed by atoms with Crippen molar-refractivity contribution in [2.75, 3.05) is 6.61 Å². The molecule has 0 radical (unpaired) electrons. The van der Waals surface area contributed by atoms with Gasteiger partial charge in [-0.05, 0) is 55.2 Å². The maximum Gasteiger partial charge on any atom is 0.137 e. The van der Waals surface area contributed by atoms with Gasteiger partial charge in [-0.15, -0.1) is 0 Å². The summed E-state index contributed by atoms with van der Waals surface area (Å²) in [5, 5.41) is 0. The van der Waals surface area contributed by atoms with Gasteiger partial charge in [0, 0.05) is 5.56 Å². The molecule has 1 aromatic carbocycles. The molecule has 1 aliphatic carbocycles. The summed E-state index contributed by atoms with van der Waals surface area (Å²) >= 11 is 0. The third kappa shape index (κ3) is 7.45. The second kappa shape index (κ2) is 12.8. The predicted octanol–water partition coefficient (Wildman–Crippen LogP) is 8.25. The summed E-state index contributed by atoms with van der Waals surface area (Å²) in [6, 6.07) is 13.2. The number of benzene rings is 1. The molecule has 164 valence electrons. The fourth-order valence-corrected chi connectivity index (χ4v) is 4.81. The number of hydrogen-bond acceptors (Lipinski definition) is 2. The van der Waals surface area contributed by atoms with E-state index in [-0.39, 0.29) is 0 Å². The van der Waals surface area contributed by atoms with E-state index < -0.39 is 0 Å². The minimum Gasteiger partial charge on any atom is -0.492 e. The van der Waals surface area contributed by atoms with E-state index in [4.69, 9.17) is 4.74 Å². The molecular formula is C28H41NO. The van der Waals surface area contributed by atoms with Gasteiger partial charge in [0.15, 0.2) is 0 Å². The molecule has 2 nitrogen and oxygen atoms in total. The standard InChI is InChI=1S/C28H41NO/c1-3-5-7-20-30-27-18-19-28(29-22-27)26-16-14-23(15-17-26)12-13-25-11-8-10-24(21-25)9-6-4-2/h14-19,22,24-25H,3-13,20-21H2,1-2H3. The number of hydrogen-bond donors (Lipinski definition) is 0. The van der Waals surface area contributed by atoms with Crippen LogP contribution in [0.15, 0.2) is 42.6 Å². The minimum atomic E-state index is 0.782. The lowest BCUT2D eigenvalue weighted by molar-refractivity contribution is 0.241.